The fourth-order valence-corrected chi connectivity index (χ4v) is 4.68. The van der Waals surface area contributed by atoms with Gasteiger partial charge in [-0.3, -0.25) is 4.79 Å². The molecule has 7 nitrogen and oxygen atoms in total. The first kappa shape index (κ1) is 21.0. The molecule has 0 spiro atoms. The molecule has 0 aliphatic carbocycles. The highest BCUT2D eigenvalue weighted by Crippen LogP contribution is 2.14. The number of nitrogens with one attached hydrogen (secondary N) is 2. The number of rotatable bonds is 8. The molecule has 0 bridgehead atoms. The van der Waals surface area contributed by atoms with Gasteiger partial charge in [0.05, 0.1) is 10.6 Å². The lowest BCUT2D eigenvalue weighted by Gasteiger charge is -2.07. The first-order chi connectivity index (χ1) is 15.0. The molecule has 0 saturated carbocycles. The SMILES string of the molecule is O=C(Nc1ccn(-c2ccccc2)n1)c1ccc(S(=O)(=O)NCCc2cccs2)cc1. The standard InChI is InChI=1S/C22H20N4O3S2/c27-22(24-21-13-15-26(25-21)18-5-2-1-3-6-18)17-8-10-20(11-9-17)31(28,29)23-14-12-19-7-4-16-30-19/h1-11,13,15-16,23H,12,14H2,(H,24,25,27). The van der Waals surface area contributed by atoms with E-state index in [1.165, 1.54) is 24.3 Å². The molecule has 0 aliphatic heterocycles. The van der Waals surface area contributed by atoms with Gasteiger partial charge in [0.25, 0.3) is 5.91 Å². The van der Waals surface area contributed by atoms with Crippen molar-refractivity contribution in [2.45, 2.75) is 11.3 Å². The summed E-state index contributed by atoms with van der Waals surface area (Å²) in [5.74, 6) is 0.0358. The van der Waals surface area contributed by atoms with E-state index >= 15 is 0 Å². The summed E-state index contributed by atoms with van der Waals surface area (Å²) in [6, 6.07) is 21.0. The summed E-state index contributed by atoms with van der Waals surface area (Å²) in [6.45, 7) is 0.315. The first-order valence-electron chi connectivity index (χ1n) is 9.56. The predicted octanol–water partition coefficient (Wildman–Crippen LogP) is 3.71. The lowest BCUT2D eigenvalue weighted by atomic mass is 10.2. The van der Waals surface area contributed by atoms with Crippen molar-refractivity contribution in [3.05, 3.63) is 94.8 Å². The van der Waals surface area contributed by atoms with Crippen molar-refractivity contribution in [3.8, 4) is 5.69 Å². The molecule has 4 rings (SSSR count). The molecule has 31 heavy (non-hydrogen) atoms. The molecule has 0 unspecified atom stereocenters. The number of sulfonamides is 1. The maximum Gasteiger partial charge on any atom is 0.256 e. The van der Waals surface area contributed by atoms with Crippen LogP contribution in [0.1, 0.15) is 15.2 Å². The maximum absolute atomic E-state index is 12.5. The topological polar surface area (TPSA) is 93.1 Å². The number of carbonyl (C=O) groups is 1. The number of anilines is 1. The van der Waals surface area contributed by atoms with Gasteiger partial charge in [-0.25, -0.2) is 17.8 Å². The van der Waals surface area contributed by atoms with E-state index in [9.17, 15) is 13.2 Å². The second kappa shape index (κ2) is 9.25. The van der Waals surface area contributed by atoms with Crippen molar-refractivity contribution >= 4 is 33.1 Å². The normalized spacial score (nSPS) is 11.4. The second-order valence-corrected chi connectivity index (χ2v) is 9.49. The van der Waals surface area contributed by atoms with Crippen LogP contribution in [-0.4, -0.2) is 30.7 Å². The van der Waals surface area contributed by atoms with E-state index in [1.54, 1.807) is 28.3 Å². The molecule has 0 aliphatic rings. The Bertz CT molecular complexity index is 1250. The molecule has 0 saturated heterocycles. The van der Waals surface area contributed by atoms with Gasteiger partial charge in [0.15, 0.2) is 5.82 Å². The highest BCUT2D eigenvalue weighted by molar-refractivity contribution is 7.89. The number of hydrogen-bond acceptors (Lipinski definition) is 5. The van der Waals surface area contributed by atoms with Crippen LogP contribution in [0.3, 0.4) is 0 Å². The molecule has 2 aromatic heterocycles. The van der Waals surface area contributed by atoms with Gasteiger partial charge in [0, 0.05) is 29.2 Å². The van der Waals surface area contributed by atoms with Crippen LogP contribution in [0.25, 0.3) is 5.69 Å². The Morgan fingerprint density at radius 2 is 1.74 bits per heavy atom. The third kappa shape index (κ3) is 5.26. The molecule has 1 amide bonds. The second-order valence-electron chi connectivity index (χ2n) is 6.69. The van der Waals surface area contributed by atoms with E-state index in [0.29, 0.717) is 24.3 Å². The molecule has 158 valence electrons. The largest absolute Gasteiger partial charge is 0.305 e. The van der Waals surface area contributed by atoms with Gasteiger partial charge in [0.1, 0.15) is 0 Å². The number of thiophene rings is 1. The van der Waals surface area contributed by atoms with Crippen molar-refractivity contribution in [2.75, 3.05) is 11.9 Å². The summed E-state index contributed by atoms with van der Waals surface area (Å²) in [7, 11) is -3.63. The van der Waals surface area contributed by atoms with Crippen LogP contribution in [0.4, 0.5) is 5.82 Å². The number of carbonyl (C=O) groups excluding carboxylic acids is 1. The Hall–Kier alpha value is -3.27. The van der Waals surface area contributed by atoms with Crippen molar-refractivity contribution < 1.29 is 13.2 Å². The van der Waals surface area contributed by atoms with Crippen molar-refractivity contribution in [1.82, 2.24) is 14.5 Å². The zero-order chi connectivity index (χ0) is 21.7. The maximum atomic E-state index is 12.5. The molecule has 2 heterocycles. The lowest BCUT2D eigenvalue weighted by Crippen LogP contribution is -2.26. The number of hydrogen-bond donors (Lipinski definition) is 2. The average Bonchev–Trinajstić information content (AvgIpc) is 3.47. The molecule has 0 atom stereocenters. The van der Waals surface area contributed by atoms with E-state index in [0.717, 1.165) is 10.6 Å². The van der Waals surface area contributed by atoms with Gasteiger partial charge in [0.2, 0.25) is 10.0 Å². The minimum absolute atomic E-state index is 0.114. The fourth-order valence-electron chi connectivity index (χ4n) is 2.94. The monoisotopic (exact) mass is 452 g/mol. The highest BCUT2D eigenvalue weighted by atomic mass is 32.2. The Balaban J connectivity index is 1.37. The van der Waals surface area contributed by atoms with Crippen LogP contribution in [-0.2, 0) is 16.4 Å². The van der Waals surface area contributed by atoms with Gasteiger partial charge in [-0.15, -0.1) is 11.3 Å². The quantitative estimate of drug-likeness (QED) is 0.426. The molecular weight excluding hydrogens is 432 g/mol. The van der Waals surface area contributed by atoms with Gasteiger partial charge in [-0.2, -0.15) is 5.10 Å². The van der Waals surface area contributed by atoms with Crippen molar-refractivity contribution in [3.63, 3.8) is 0 Å². The fraction of sp³-hybridized carbons (Fsp3) is 0.0909. The number of benzene rings is 2. The summed E-state index contributed by atoms with van der Waals surface area (Å²) < 4.78 is 29.1. The van der Waals surface area contributed by atoms with Crippen LogP contribution in [0.2, 0.25) is 0 Å². The van der Waals surface area contributed by atoms with Gasteiger partial charge >= 0.3 is 0 Å². The Labute approximate surface area is 184 Å². The van der Waals surface area contributed by atoms with Gasteiger partial charge < -0.3 is 5.32 Å². The van der Waals surface area contributed by atoms with Crippen LogP contribution in [0.5, 0.6) is 0 Å². The molecule has 2 N–H and O–H groups in total. The summed E-state index contributed by atoms with van der Waals surface area (Å²) >= 11 is 1.59. The smallest absolute Gasteiger partial charge is 0.256 e. The van der Waals surface area contributed by atoms with Crippen LogP contribution >= 0.6 is 11.3 Å². The van der Waals surface area contributed by atoms with Crippen LogP contribution in [0, 0.1) is 0 Å². The lowest BCUT2D eigenvalue weighted by molar-refractivity contribution is 0.102. The van der Waals surface area contributed by atoms with Crippen molar-refractivity contribution in [1.29, 1.82) is 0 Å². The number of nitrogens with zero attached hydrogens (tertiary/aromatic N) is 2. The number of aromatic nitrogens is 2. The zero-order valence-electron chi connectivity index (χ0n) is 16.4. The van der Waals surface area contributed by atoms with Crippen LogP contribution < -0.4 is 10.0 Å². The molecule has 9 heteroatoms. The molecule has 0 radical (unpaired) electrons. The van der Waals surface area contributed by atoms with E-state index in [2.05, 4.69) is 15.1 Å². The third-order valence-electron chi connectivity index (χ3n) is 4.52. The van der Waals surface area contributed by atoms with Crippen molar-refractivity contribution in [2.24, 2.45) is 0 Å². The summed E-state index contributed by atoms with van der Waals surface area (Å²) in [5, 5.41) is 9.02. The number of amides is 1. The average molecular weight is 453 g/mol. The summed E-state index contributed by atoms with van der Waals surface area (Å²) in [4.78, 5) is 13.7. The highest BCUT2D eigenvalue weighted by Gasteiger charge is 2.15. The molecule has 0 fully saturated rings. The molecular formula is C22H20N4O3S2. The van der Waals surface area contributed by atoms with E-state index in [1.807, 2.05) is 47.8 Å². The minimum Gasteiger partial charge on any atom is -0.305 e. The van der Waals surface area contributed by atoms with Crippen LogP contribution in [0.15, 0.2) is 89.3 Å². The molecule has 2 aromatic carbocycles. The number of para-hydroxylation sites is 1. The summed E-state index contributed by atoms with van der Waals surface area (Å²) in [6.07, 6.45) is 2.38. The van der Waals surface area contributed by atoms with Gasteiger partial charge in [-0.1, -0.05) is 24.3 Å². The Morgan fingerprint density at radius 1 is 0.968 bits per heavy atom. The predicted molar refractivity (Wildman–Crippen MR) is 121 cm³/mol. The molecule has 4 aromatic rings. The van der Waals surface area contributed by atoms with E-state index in [4.69, 9.17) is 0 Å². The third-order valence-corrected chi connectivity index (χ3v) is 6.93. The Kier molecular flexibility index (Phi) is 6.26. The van der Waals surface area contributed by atoms with E-state index < -0.39 is 10.0 Å². The Morgan fingerprint density at radius 3 is 2.45 bits per heavy atom. The minimum atomic E-state index is -3.63. The van der Waals surface area contributed by atoms with E-state index in [-0.39, 0.29) is 10.8 Å². The van der Waals surface area contributed by atoms with Gasteiger partial charge in [-0.05, 0) is 54.3 Å². The zero-order valence-corrected chi connectivity index (χ0v) is 18.1. The first-order valence-corrected chi connectivity index (χ1v) is 11.9. The summed E-state index contributed by atoms with van der Waals surface area (Å²) in [5.41, 5.74) is 1.22.